The Morgan fingerprint density at radius 3 is 2.94 bits per heavy atom. The zero-order valence-corrected chi connectivity index (χ0v) is 11.5. The molecule has 0 spiro atoms. The predicted molar refractivity (Wildman–Crippen MR) is 75.7 cm³/mol. The fourth-order valence-corrected chi connectivity index (χ4v) is 4.12. The fraction of sp³-hybridized carbons (Fsp3) is 0.625. The van der Waals surface area contributed by atoms with Crippen molar-refractivity contribution in [2.45, 2.75) is 38.1 Å². The molecule has 1 heterocycles. The monoisotopic (exact) mass is 244 g/mol. The third kappa shape index (κ3) is 1.63. The normalized spacial score (nSPS) is 35.3. The average molecular weight is 244 g/mol. The Hall–Kier alpha value is -0.860. The molecule has 18 heavy (non-hydrogen) atoms. The SMILES string of the molecule is CC1C2Cc3ccccc3C1(C)CCN2CCN. The topological polar surface area (TPSA) is 29.3 Å². The highest BCUT2D eigenvalue weighted by molar-refractivity contribution is 5.39. The zero-order valence-electron chi connectivity index (χ0n) is 11.5. The number of piperidine rings is 1. The number of hydrogen-bond donors (Lipinski definition) is 1. The van der Waals surface area contributed by atoms with Crippen molar-refractivity contribution in [1.29, 1.82) is 0 Å². The maximum atomic E-state index is 5.76. The van der Waals surface area contributed by atoms with Crippen LogP contribution in [0.2, 0.25) is 0 Å². The van der Waals surface area contributed by atoms with Gasteiger partial charge in [-0.05, 0) is 41.8 Å². The molecule has 1 aromatic carbocycles. The van der Waals surface area contributed by atoms with E-state index in [-0.39, 0.29) is 0 Å². The van der Waals surface area contributed by atoms with E-state index in [1.165, 1.54) is 19.4 Å². The minimum atomic E-state index is 0.366. The molecule has 1 fully saturated rings. The second kappa shape index (κ2) is 4.36. The van der Waals surface area contributed by atoms with Crippen LogP contribution in [0.5, 0.6) is 0 Å². The first-order chi connectivity index (χ1) is 8.66. The molecule has 1 aliphatic carbocycles. The molecule has 3 rings (SSSR count). The standard InChI is InChI=1S/C16H24N2/c1-12-15-11-13-5-3-4-6-14(13)16(12,2)7-9-18(15)10-8-17/h3-6,12,15H,7-11,17H2,1-2H3. The molecule has 1 aromatic rings. The van der Waals surface area contributed by atoms with E-state index in [1.54, 1.807) is 11.1 Å². The Morgan fingerprint density at radius 1 is 1.39 bits per heavy atom. The highest BCUT2D eigenvalue weighted by Crippen LogP contribution is 2.48. The third-order valence-corrected chi connectivity index (χ3v) is 5.45. The summed E-state index contributed by atoms with van der Waals surface area (Å²) in [6, 6.07) is 9.73. The van der Waals surface area contributed by atoms with E-state index in [9.17, 15) is 0 Å². The Balaban J connectivity index is 2.02. The Morgan fingerprint density at radius 2 is 2.17 bits per heavy atom. The maximum Gasteiger partial charge on any atom is 0.0170 e. The van der Waals surface area contributed by atoms with Crippen molar-refractivity contribution in [3.8, 4) is 0 Å². The van der Waals surface area contributed by atoms with Crippen LogP contribution >= 0.6 is 0 Å². The highest BCUT2D eigenvalue weighted by Gasteiger charge is 2.47. The lowest BCUT2D eigenvalue weighted by molar-refractivity contribution is 0.0338. The predicted octanol–water partition coefficient (Wildman–Crippen LogP) is 2.17. The number of likely N-dealkylation sites (tertiary alicyclic amines) is 1. The molecule has 3 unspecified atom stereocenters. The van der Waals surface area contributed by atoms with Crippen molar-refractivity contribution >= 4 is 0 Å². The first kappa shape index (κ1) is 12.2. The van der Waals surface area contributed by atoms with Crippen molar-refractivity contribution in [2.75, 3.05) is 19.6 Å². The third-order valence-electron chi connectivity index (χ3n) is 5.45. The molecule has 1 aliphatic heterocycles. The molecule has 0 amide bonds. The molecule has 0 radical (unpaired) electrons. The number of fused-ring (bicyclic) bond motifs is 4. The van der Waals surface area contributed by atoms with Crippen LogP contribution in [-0.4, -0.2) is 30.6 Å². The average Bonchev–Trinajstić information content (AvgIpc) is 2.37. The van der Waals surface area contributed by atoms with Gasteiger partial charge < -0.3 is 5.73 Å². The molecule has 2 nitrogen and oxygen atoms in total. The molecule has 98 valence electrons. The summed E-state index contributed by atoms with van der Waals surface area (Å²) in [6.45, 7) is 7.93. The van der Waals surface area contributed by atoms with Crippen LogP contribution in [0.1, 0.15) is 31.4 Å². The first-order valence-corrected chi connectivity index (χ1v) is 7.19. The molecule has 2 heteroatoms. The summed E-state index contributed by atoms with van der Waals surface area (Å²) in [5.41, 5.74) is 9.28. The van der Waals surface area contributed by atoms with Crippen LogP contribution in [0, 0.1) is 5.92 Å². The van der Waals surface area contributed by atoms with Gasteiger partial charge in [0.05, 0.1) is 0 Å². The number of hydrogen-bond acceptors (Lipinski definition) is 2. The second-order valence-electron chi connectivity index (χ2n) is 6.21. The number of rotatable bonds is 2. The van der Waals surface area contributed by atoms with E-state index in [0.717, 1.165) is 19.0 Å². The highest BCUT2D eigenvalue weighted by atomic mass is 15.2. The zero-order chi connectivity index (χ0) is 12.8. The van der Waals surface area contributed by atoms with Crippen LogP contribution in [0.25, 0.3) is 0 Å². The molecule has 3 atom stereocenters. The van der Waals surface area contributed by atoms with Gasteiger partial charge >= 0.3 is 0 Å². The van der Waals surface area contributed by atoms with Crippen molar-refractivity contribution in [1.82, 2.24) is 4.90 Å². The van der Waals surface area contributed by atoms with E-state index in [4.69, 9.17) is 5.73 Å². The summed E-state index contributed by atoms with van der Waals surface area (Å²) in [5, 5.41) is 0. The van der Waals surface area contributed by atoms with Crippen LogP contribution < -0.4 is 5.73 Å². The van der Waals surface area contributed by atoms with Gasteiger partial charge in [0.15, 0.2) is 0 Å². The van der Waals surface area contributed by atoms with Crippen molar-refractivity contribution < 1.29 is 0 Å². The van der Waals surface area contributed by atoms with Gasteiger partial charge in [0, 0.05) is 19.1 Å². The molecule has 0 aromatic heterocycles. The van der Waals surface area contributed by atoms with Crippen LogP contribution in [0.3, 0.4) is 0 Å². The van der Waals surface area contributed by atoms with Gasteiger partial charge in [0.25, 0.3) is 0 Å². The summed E-state index contributed by atoms with van der Waals surface area (Å²) in [4.78, 5) is 2.61. The molecule has 2 aliphatic rings. The Kier molecular flexibility index (Phi) is 2.95. The molecule has 1 saturated heterocycles. The van der Waals surface area contributed by atoms with Crippen molar-refractivity contribution in [2.24, 2.45) is 11.7 Å². The summed E-state index contributed by atoms with van der Waals surface area (Å²) < 4.78 is 0. The first-order valence-electron chi connectivity index (χ1n) is 7.19. The molecular weight excluding hydrogens is 220 g/mol. The maximum absolute atomic E-state index is 5.76. The quantitative estimate of drug-likeness (QED) is 0.864. The van der Waals surface area contributed by atoms with E-state index >= 15 is 0 Å². The molecule has 0 saturated carbocycles. The number of nitrogens with zero attached hydrogens (tertiary/aromatic N) is 1. The van der Waals surface area contributed by atoms with E-state index < -0.39 is 0 Å². The molecule has 2 bridgehead atoms. The second-order valence-corrected chi connectivity index (χ2v) is 6.21. The summed E-state index contributed by atoms with van der Waals surface area (Å²) in [6.07, 6.45) is 2.47. The van der Waals surface area contributed by atoms with E-state index in [1.807, 2.05) is 0 Å². The Labute approximate surface area is 110 Å². The summed E-state index contributed by atoms with van der Waals surface area (Å²) in [7, 11) is 0. The van der Waals surface area contributed by atoms with Gasteiger partial charge in [-0.3, -0.25) is 4.90 Å². The van der Waals surface area contributed by atoms with Gasteiger partial charge in [-0.25, -0.2) is 0 Å². The summed E-state index contributed by atoms with van der Waals surface area (Å²) >= 11 is 0. The van der Waals surface area contributed by atoms with Gasteiger partial charge in [-0.15, -0.1) is 0 Å². The van der Waals surface area contributed by atoms with Crippen LogP contribution in [-0.2, 0) is 11.8 Å². The van der Waals surface area contributed by atoms with Gasteiger partial charge in [0.1, 0.15) is 0 Å². The van der Waals surface area contributed by atoms with Crippen molar-refractivity contribution in [3.63, 3.8) is 0 Å². The lowest BCUT2D eigenvalue weighted by Crippen LogP contribution is -2.58. The Bertz CT molecular complexity index is 442. The molecular formula is C16H24N2. The van der Waals surface area contributed by atoms with E-state index in [0.29, 0.717) is 11.5 Å². The van der Waals surface area contributed by atoms with Gasteiger partial charge in [0.2, 0.25) is 0 Å². The van der Waals surface area contributed by atoms with Crippen LogP contribution in [0.15, 0.2) is 24.3 Å². The molecule has 2 N–H and O–H groups in total. The van der Waals surface area contributed by atoms with Crippen molar-refractivity contribution in [3.05, 3.63) is 35.4 Å². The minimum Gasteiger partial charge on any atom is -0.329 e. The fourth-order valence-electron chi connectivity index (χ4n) is 4.12. The number of benzene rings is 1. The largest absolute Gasteiger partial charge is 0.329 e. The van der Waals surface area contributed by atoms with Crippen LogP contribution in [0.4, 0.5) is 0 Å². The lowest BCUT2D eigenvalue weighted by Gasteiger charge is -2.54. The van der Waals surface area contributed by atoms with Gasteiger partial charge in [-0.2, -0.15) is 0 Å². The lowest BCUT2D eigenvalue weighted by atomic mass is 9.59. The smallest absolute Gasteiger partial charge is 0.0170 e. The van der Waals surface area contributed by atoms with Gasteiger partial charge in [-0.1, -0.05) is 38.1 Å². The summed E-state index contributed by atoms with van der Waals surface area (Å²) in [5.74, 6) is 0.729. The minimum absolute atomic E-state index is 0.366. The number of nitrogens with two attached hydrogens (primary N) is 1. The van der Waals surface area contributed by atoms with E-state index in [2.05, 4.69) is 43.0 Å².